The normalized spacial score (nSPS) is 13.9. The third kappa shape index (κ3) is 3.26. The van der Waals surface area contributed by atoms with Crippen LogP contribution in [0.25, 0.3) is 33.4 Å². The highest BCUT2D eigenvalue weighted by molar-refractivity contribution is 6.35. The molecule has 0 saturated carbocycles. The minimum absolute atomic E-state index is 0.00155. The first-order chi connectivity index (χ1) is 14.6. The molecule has 0 aliphatic carbocycles. The summed E-state index contributed by atoms with van der Waals surface area (Å²) < 4.78 is 10.4. The fraction of sp³-hybridized carbons (Fsp3) is 0.143. The number of hydrogen-bond donors (Lipinski definition) is 2. The molecule has 0 radical (unpaired) electrons. The van der Waals surface area contributed by atoms with Crippen LogP contribution in [0.2, 0.25) is 5.02 Å². The zero-order valence-corrected chi connectivity index (χ0v) is 16.4. The summed E-state index contributed by atoms with van der Waals surface area (Å²) in [6.07, 6.45) is 1.37. The van der Waals surface area contributed by atoms with Crippen molar-refractivity contribution in [3.05, 3.63) is 59.4 Å². The maximum Gasteiger partial charge on any atom is 0.361 e. The Bertz CT molecular complexity index is 1250. The van der Waals surface area contributed by atoms with Gasteiger partial charge in [0.2, 0.25) is 0 Å². The summed E-state index contributed by atoms with van der Waals surface area (Å²) in [7, 11) is 0. The summed E-state index contributed by atoms with van der Waals surface area (Å²) in [4.78, 5) is 21.7. The van der Waals surface area contributed by atoms with Gasteiger partial charge in [0.05, 0.1) is 41.3 Å². The van der Waals surface area contributed by atoms with E-state index in [1.54, 1.807) is 12.3 Å². The lowest BCUT2D eigenvalue weighted by Gasteiger charge is -2.25. The van der Waals surface area contributed by atoms with Gasteiger partial charge in [-0.3, -0.25) is 5.10 Å². The van der Waals surface area contributed by atoms with Crippen LogP contribution in [-0.4, -0.2) is 45.5 Å². The number of benzene rings is 2. The quantitative estimate of drug-likeness (QED) is 0.484. The van der Waals surface area contributed by atoms with E-state index in [-0.39, 0.29) is 17.6 Å². The zero-order chi connectivity index (χ0) is 20.7. The summed E-state index contributed by atoms with van der Waals surface area (Å²) >= 11 is 6.43. The van der Waals surface area contributed by atoms with Crippen LogP contribution < -0.4 is 5.73 Å². The van der Waals surface area contributed by atoms with Crippen molar-refractivity contribution in [1.29, 1.82) is 0 Å². The molecule has 0 bridgehead atoms. The van der Waals surface area contributed by atoms with Crippen molar-refractivity contribution in [3.8, 4) is 22.5 Å². The molecule has 30 heavy (non-hydrogen) atoms. The van der Waals surface area contributed by atoms with Crippen molar-refractivity contribution in [2.24, 2.45) is 0 Å². The Morgan fingerprint density at radius 1 is 1.13 bits per heavy atom. The molecule has 1 aliphatic heterocycles. The van der Waals surface area contributed by atoms with Crippen molar-refractivity contribution in [1.82, 2.24) is 20.2 Å². The van der Waals surface area contributed by atoms with Crippen LogP contribution in [0.15, 0.2) is 48.7 Å². The Morgan fingerprint density at radius 3 is 2.63 bits per heavy atom. The number of halogens is 1. The van der Waals surface area contributed by atoms with Crippen molar-refractivity contribution in [2.45, 2.75) is 6.10 Å². The van der Waals surface area contributed by atoms with Gasteiger partial charge in [-0.15, -0.1) is 0 Å². The number of carbonyl (C=O) groups excluding carboxylic acids is 1. The summed E-state index contributed by atoms with van der Waals surface area (Å²) in [6, 6.07) is 13.1. The molecule has 3 N–H and O–H groups in total. The fourth-order valence-corrected chi connectivity index (χ4v) is 3.51. The molecule has 0 unspecified atom stereocenters. The Kier molecular flexibility index (Phi) is 4.57. The number of H-pyrrole nitrogens is 1. The van der Waals surface area contributed by atoms with Crippen LogP contribution in [0.3, 0.4) is 0 Å². The lowest BCUT2D eigenvalue weighted by Crippen LogP contribution is -2.38. The SMILES string of the molecule is Nc1nc(-c2ccccc2)c(-c2cc(Cl)c3[nH]ncc3c2)nc1C(=O)OC1COC1. The number of rotatable bonds is 4. The number of anilines is 1. The number of aromatic amines is 1. The van der Waals surface area contributed by atoms with Gasteiger partial charge in [0.1, 0.15) is 6.10 Å². The van der Waals surface area contributed by atoms with Crippen molar-refractivity contribution in [3.63, 3.8) is 0 Å². The van der Waals surface area contributed by atoms with Gasteiger partial charge in [-0.1, -0.05) is 41.9 Å². The highest BCUT2D eigenvalue weighted by atomic mass is 35.5. The minimum atomic E-state index is -0.635. The van der Waals surface area contributed by atoms with E-state index in [0.29, 0.717) is 35.2 Å². The van der Waals surface area contributed by atoms with Gasteiger partial charge in [-0.2, -0.15) is 5.10 Å². The number of nitrogens with one attached hydrogen (secondary N) is 1. The van der Waals surface area contributed by atoms with E-state index >= 15 is 0 Å². The molecular weight excluding hydrogens is 406 g/mol. The molecule has 1 fully saturated rings. The number of carbonyl (C=O) groups is 1. The van der Waals surface area contributed by atoms with Gasteiger partial charge >= 0.3 is 5.97 Å². The predicted octanol–water partition coefficient (Wildman–Crippen LogP) is 3.48. The van der Waals surface area contributed by atoms with Gasteiger partial charge in [0.15, 0.2) is 11.5 Å². The number of nitrogens with two attached hydrogens (primary N) is 1. The Morgan fingerprint density at radius 2 is 1.90 bits per heavy atom. The molecule has 3 heterocycles. The second-order valence-electron chi connectivity index (χ2n) is 6.88. The van der Waals surface area contributed by atoms with E-state index in [1.807, 2.05) is 36.4 Å². The van der Waals surface area contributed by atoms with Crippen LogP contribution in [-0.2, 0) is 9.47 Å². The smallest absolute Gasteiger partial charge is 0.361 e. The molecule has 2 aromatic heterocycles. The Hall–Kier alpha value is -3.49. The number of nitrogens with zero attached hydrogens (tertiary/aromatic N) is 3. The largest absolute Gasteiger partial charge is 0.453 e. The third-order valence-electron chi connectivity index (χ3n) is 4.82. The van der Waals surface area contributed by atoms with Crippen LogP contribution in [0.4, 0.5) is 5.82 Å². The molecule has 9 heteroatoms. The maximum atomic E-state index is 12.6. The monoisotopic (exact) mass is 421 g/mol. The molecule has 4 aromatic rings. The Balaban J connectivity index is 1.68. The van der Waals surface area contributed by atoms with E-state index < -0.39 is 5.97 Å². The van der Waals surface area contributed by atoms with E-state index in [2.05, 4.69) is 20.2 Å². The first-order valence-electron chi connectivity index (χ1n) is 9.25. The van der Waals surface area contributed by atoms with Crippen molar-refractivity contribution in [2.75, 3.05) is 18.9 Å². The van der Waals surface area contributed by atoms with E-state index in [4.69, 9.17) is 26.8 Å². The highest BCUT2D eigenvalue weighted by Crippen LogP contribution is 2.35. The van der Waals surface area contributed by atoms with Crippen molar-refractivity contribution < 1.29 is 14.3 Å². The average Bonchev–Trinajstić information content (AvgIpc) is 3.20. The van der Waals surface area contributed by atoms with Crippen LogP contribution in [0.1, 0.15) is 10.5 Å². The number of hydrogen-bond acceptors (Lipinski definition) is 7. The standard InChI is InChI=1S/C21H16ClN5O3/c22-15-7-12(6-13-8-24-27-16(13)15)18-17(11-4-2-1-3-5-11)26-20(23)19(25-18)21(28)30-14-9-29-10-14/h1-8,14H,9-10H2,(H2,23,26)(H,24,27). The first-order valence-corrected chi connectivity index (χ1v) is 9.62. The molecule has 1 saturated heterocycles. The van der Waals surface area contributed by atoms with Gasteiger partial charge in [-0.05, 0) is 12.1 Å². The number of ether oxygens (including phenoxy) is 2. The molecule has 8 nitrogen and oxygen atoms in total. The second kappa shape index (κ2) is 7.40. The van der Waals surface area contributed by atoms with E-state index in [9.17, 15) is 4.79 Å². The second-order valence-corrected chi connectivity index (χ2v) is 7.28. The molecule has 0 atom stereocenters. The molecular formula is C21H16ClN5O3. The zero-order valence-electron chi connectivity index (χ0n) is 15.6. The lowest BCUT2D eigenvalue weighted by molar-refractivity contribution is -0.103. The molecule has 2 aromatic carbocycles. The maximum absolute atomic E-state index is 12.6. The van der Waals surface area contributed by atoms with Crippen LogP contribution in [0, 0.1) is 0 Å². The third-order valence-corrected chi connectivity index (χ3v) is 5.12. The minimum Gasteiger partial charge on any atom is -0.453 e. The Labute approximate surface area is 176 Å². The number of aromatic nitrogens is 4. The van der Waals surface area contributed by atoms with Crippen LogP contribution >= 0.6 is 11.6 Å². The number of fused-ring (bicyclic) bond motifs is 1. The summed E-state index contributed by atoms with van der Waals surface area (Å²) in [5.74, 6) is -0.636. The molecule has 0 spiro atoms. The van der Waals surface area contributed by atoms with Gasteiger partial charge in [0, 0.05) is 16.5 Å². The van der Waals surface area contributed by atoms with Gasteiger partial charge in [0.25, 0.3) is 0 Å². The molecule has 0 amide bonds. The predicted molar refractivity (Wildman–Crippen MR) is 112 cm³/mol. The number of esters is 1. The molecule has 1 aliphatic rings. The fourth-order valence-electron chi connectivity index (χ4n) is 3.24. The molecule has 5 rings (SSSR count). The number of nitrogen functional groups attached to an aromatic ring is 1. The van der Waals surface area contributed by atoms with Crippen LogP contribution in [0.5, 0.6) is 0 Å². The van der Waals surface area contributed by atoms with Crippen molar-refractivity contribution >= 4 is 34.3 Å². The van der Waals surface area contributed by atoms with Gasteiger partial charge in [-0.25, -0.2) is 14.8 Å². The topological polar surface area (TPSA) is 116 Å². The average molecular weight is 422 g/mol. The summed E-state index contributed by atoms with van der Waals surface area (Å²) in [5, 5.41) is 8.19. The highest BCUT2D eigenvalue weighted by Gasteiger charge is 2.27. The first kappa shape index (κ1) is 18.5. The van der Waals surface area contributed by atoms with E-state index in [0.717, 1.165) is 16.5 Å². The van der Waals surface area contributed by atoms with Gasteiger partial charge < -0.3 is 15.2 Å². The molecule has 150 valence electrons. The summed E-state index contributed by atoms with van der Waals surface area (Å²) in [5.41, 5.74) is 9.27. The summed E-state index contributed by atoms with van der Waals surface area (Å²) in [6.45, 7) is 0.724. The van der Waals surface area contributed by atoms with E-state index in [1.165, 1.54) is 0 Å². The lowest BCUT2D eigenvalue weighted by atomic mass is 10.0.